The maximum Gasteiger partial charge on any atom is 0.321 e. The van der Waals surface area contributed by atoms with Crippen LogP contribution in [0, 0.1) is 0 Å². The highest BCUT2D eigenvalue weighted by Crippen LogP contribution is 2.47. The van der Waals surface area contributed by atoms with Crippen molar-refractivity contribution >= 4 is 5.97 Å². The van der Waals surface area contributed by atoms with E-state index in [2.05, 4.69) is 6.92 Å². The summed E-state index contributed by atoms with van der Waals surface area (Å²) in [6.07, 6.45) is 4.72. The molecule has 4 rings (SSSR count). The monoisotopic (exact) mass is 510 g/mol. The van der Waals surface area contributed by atoms with Crippen LogP contribution < -0.4 is 9.47 Å². The van der Waals surface area contributed by atoms with E-state index >= 15 is 0 Å². The van der Waals surface area contributed by atoms with Gasteiger partial charge in [-0.15, -0.1) is 0 Å². The SMILES string of the molecule is CCCC(C(=O)OC(C)(C)C)(c1ccccc1OC1CCOCC1)c1ccccc1OC1CCOCC1. The van der Waals surface area contributed by atoms with E-state index in [4.69, 9.17) is 23.7 Å². The summed E-state index contributed by atoms with van der Waals surface area (Å²) < 4.78 is 30.4. The lowest BCUT2D eigenvalue weighted by Crippen LogP contribution is -2.43. The molecule has 2 saturated heterocycles. The molecule has 0 spiro atoms. The molecule has 2 fully saturated rings. The summed E-state index contributed by atoms with van der Waals surface area (Å²) in [7, 11) is 0. The van der Waals surface area contributed by atoms with Gasteiger partial charge in [0.15, 0.2) is 0 Å². The van der Waals surface area contributed by atoms with E-state index in [1.807, 2.05) is 69.3 Å². The van der Waals surface area contributed by atoms with Gasteiger partial charge in [0.05, 0.1) is 26.4 Å². The first-order chi connectivity index (χ1) is 17.8. The lowest BCUT2D eigenvalue weighted by Gasteiger charge is -2.38. The van der Waals surface area contributed by atoms with Gasteiger partial charge in [0, 0.05) is 36.8 Å². The third kappa shape index (κ3) is 6.66. The molecule has 2 aliphatic heterocycles. The van der Waals surface area contributed by atoms with Crippen molar-refractivity contribution in [1.29, 1.82) is 0 Å². The molecule has 0 aromatic heterocycles. The summed E-state index contributed by atoms with van der Waals surface area (Å²) in [5, 5.41) is 0. The predicted molar refractivity (Wildman–Crippen MR) is 143 cm³/mol. The zero-order valence-electron chi connectivity index (χ0n) is 22.8. The second-order valence-electron chi connectivity index (χ2n) is 11.0. The fraction of sp³-hybridized carbons (Fsp3) is 0.581. The minimum atomic E-state index is -1.09. The molecule has 2 aromatic rings. The number of ether oxygens (including phenoxy) is 5. The fourth-order valence-electron chi connectivity index (χ4n) is 5.27. The molecule has 6 heteroatoms. The van der Waals surface area contributed by atoms with Gasteiger partial charge < -0.3 is 23.7 Å². The number of para-hydroxylation sites is 2. The molecule has 202 valence electrons. The van der Waals surface area contributed by atoms with Crippen LogP contribution in [0.1, 0.15) is 77.3 Å². The van der Waals surface area contributed by atoms with Gasteiger partial charge in [0.25, 0.3) is 0 Å². The van der Waals surface area contributed by atoms with Crippen molar-refractivity contribution in [3.05, 3.63) is 59.7 Å². The van der Waals surface area contributed by atoms with Gasteiger partial charge in [-0.05, 0) is 39.3 Å². The Kier molecular flexibility index (Phi) is 9.14. The molecular weight excluding hydrogens is 468 g/mol. The number of rotatable bonds is 9. The highest BCUT2D eigenvalue weighted by atomic mass is 16.6. The van der Waals surface area contributed by atoms with Crippen LogP contribution >= 0.6 is 0 Å². The Labute approximate surface area is 221 Å². The summed E-state index contributed by atoms with van der Waals surface area (Å²) in [5.74, 6) is 1.15. The van der Waals surface area contributed by atoms with Gasteiger partial charge in [-0.3, -0.25) is 4.79 Å². The smallest absolute Gasteiger partial charge is 0.321 e. The van der Waals surface area contributed by atoms with Crippen molar-refractivity contribution in [1.82, 2.24) is 0 Å². The van der Waals surface area contributed by atoms with E-state index in [0.717, 1.165) is 54.7 Å². The molecule has 37 heavy (non-hydrogen) atoms. The van der Waals surface area contributed by atoms with Crippen molar-refractivity contribution in [2.24, 2.45) is 0 Å². The first-order valence-electron chi connectivity index (χ1n) is 13.7. The summed E-state index contributed by atoms with van der Waals surface area (Å²) in [4.78, 5) is 14.4. The Hall–Kier alpha value is -2.57. The molecule has 0 N–H and O–H groups in total. The number of carbonyl (C=O) groups excluding carboxylic acids is 1. The maximum atomic E-state index is 14.4. The van der Waals surface area contributed by atoms with Crippen molar-refractivity contribution in [2.45, 2.75) is 89.4 Å². The molecule has 2 heterocycles. The van der Waals surface area contributed by atoms with E-state index in [1.54, 1.807) is 0 Å². The molecule has 0 amide bonds. The number of esters is 1. The Morgan fingerprint density at radius 1 is 0.784 bits per heavy atom. The molecule has 2 aromatic carbocycles. The average Bonchev–Trinajstić information content (AvgIpc) is 2.88. The zero-order chi connectivity index (χ0) is 26.3. The Morgan fingerprint density at radius 3 is 1.62 bits per heavy atom. The van der Waals surface area contributed by atoms with Gasteiger partial charge in [-0.1, -0.05) is 49.7 Å². The zero-order valence-corrected chi connectivity index (χ0v) is 22.8. The van der Waals surface area contributed by atoms with E-state index < -0.39 is 11.0 Å². The number of carbonyl (C=O) groups is 1. The molecule has 0 saturated carbocycles. The first-order valence-corrected chi connectivity index (χ1v) is 13.7. The summed E-state index contributed by atoms with van der Waals surface area (Å²) in [6, 6.07) is 15.9. The third-order valence-electron chi connectivity index (χ3n) is 6.99. The van der Waals surface area contributed by atoms with Crippen LogP contribution in [-0.2, 0) is 24.4 Å². The van der Waals surface area contributed by atoms with Crippen molar-refractivity contribution in [2.75, 3.05) is 26.4 Å². The largest absolute Gasteiger partial charge is 0.490 e. The lowest BCUT2D eigenvalue weighted by atomic mass is 9.70. The lowest BCUT2D eigenvalue weighted by molar-refractivity contribution is -0.161. The van der Waals surface area contributed by atoms with E-state index in [0.29, 0.717) is 32.8 Å². The van der Waals surface area contributed by atoms with Crippen molar-refractivity contribution in [3.8, 4) is 11.5 Å². The van der Waals surface area contributed by atoms with Gasteiger partial charge in [0.2, 0.25) is 0 Å². The Morgan fingerprint density at radius 2 is 1.22 bits per heavy atom. The van der Waals surface area contributed by atoms with Gasteiger partial charge in [0.1, 0.15) is 34.7 Å². The van der Waals surface area contributed by atoms with Crippen LogP contribution in [0.3, 0.4) is 0 Å². The minimum absolute atomic E-state index is 0.0431. The summed E-state index contributed by atoms with van der Waals surface area (Å²) in [5.41, 5.74) is -0.101. The average molecular weight is 511 g/mol. The number of hydrogen-bond donors (Lipinski definition) is 0. The number of benzene rings is 2. The Bertz CT molecular complexity index is 951. The van der Waals surface area contributed by atoms with Crippen LogP contribution in [0.15, 0.2) is 48.5 Å². The van der Waals surface area contributed by atoms with Gasteiger partial charge in [-0.25, -0.2) is 0 Å². The van der Waals surface area contributed by atoms with E-state index in [9.17, 15) is 4.79 Å². The quantitative estimate of drug-likeness (QED) is 0.373. The topological polar surface area (TPSA) is 63.2 Å². The van der Waals surface area contributed by atoms with Crippen LogP contribution in [0.25, 0.3) is 0 Å². The Balaban J connectivity index is 1.85. The van der Waals surface area contributed by atoms with Crippen molar-refractivity contribution in [3.63, 3.8) is 0 Å². The van der Waals surface area contributed by atoms with E-state index in [-0.39, 0.29) is 18.2 Å². The highest BCUT2D eigenvalue weighted by Gasteiger charge is 2.48. The first kappa shape index (κ1) is 27.5. The summed E-state index contributed by atoms with van der Waals surface area (Å²) >= 11 is 0. The minimum Gasteiger partial charge on any atom is -0.490 e. The van der Waals surface area contributed by atoms with Crippen LogP contribution in [-0.4, -0.2) is 50.2 Å². The predicted octanol–water partition coefficient (Wildman–Crippen LogP) is 6.23. The third-order valence-corrected chi connectivity index (χ3v) is 6.99. The molecule has 2 aliphatic rings. The molecule has 0 radical (unpaired) electrons. The summed E-state index contributed by atoms with van der Waals surface area (Å²) in [6.45, 7) is 10.6. The molecule has 0 atom stereocenters. The second-order valence-corrected chi connectivity index (χ2v) is 11.0. The standard InChI is InChI=1S/C31H42O6/c1-5-18-31(29(32)37-30(2,3)4,25-10-6-8-12-27(25)35-23-14-19-33-20-15-23)26-11-7-9-13-28(26)36-24-16-21-34-22-17-24/h6-13,23-24H,5,14-22H2,1-4H3. The molecule has 0 unspecified atom stereocenters. The van der Waals surface area contributed by atoms with Gasteiger partial charge >= 0.3 is 5.97 Å². The van der Waals surface area contributed by atoms with Crippen molar-refractivity contribution < 1.29 is 28.5 Å². The van der Waals surface area contributed by atoms with E-state index in [1.165, 1.54) is 0 Å². The molecule has 0 aliphatic carbocycles. The molecular formula is C31H42O6. The molecule has 6 nitrogen and oxygen atoms in total. The van der Waals surface area contributed by atoms with Crippen LogP contribution in [0.5, 0.6) is 11.5 Å². The highest BCUT2D eigenvalue weighted by molar-refractivity contribution is 5.90. The second kappa shape index (κ2) is 12.3. The number of hydrogen-bond acceptors (Lipinski definition) is 6. The maximum absolute atomic E-state index is 14.4. The van der Waals surface area contributed by atoms with Crippen LogP contribution in [0.4, 0.5) is 0 Å². The normalized spacial score (nSPS) is 17.8. The van der Waals surface area contributed by atoms with Crippen LogP contribution in [0.2, 0.25) is 0 Å². The molecule has 0 bridgehead atoms. The fourth-order valence-corrected chi connectivity index (χ4v) is 5.27. The van der Waals surface area contributed by atoms with Gasteiger partial charge in [-0.2, -0.15) is 0 Å².